The number of ether oxygens (including phenoxy) is 1. The number of rotatable bonds is 7. The van der Waals surface area contributed by atoms with Gasteiger partial charge in [0.05, 0.1) is 6.54 Å². The van der Waals surface area contributed by atoms with Gasteiger partial charge in [-0.25, -0.2) is 9.59 Å². The number of anilines is 3. The molecule has 0 aromatic heterocycles. The number of para-hydroxylation sites is 1. The molecule has 31 heavy (non-hydrogen) atoms. The number of hydrogen-bond acceptors (Lipinski definition) is 3. The molecule has 0 aliphatic carbocycles. The monoisotopic (exact) mass is 418 g/mol. The first kappa shape index (κ1) is 21.7. The van der Waals surface area contributed by atoms with Crippen molar-refractivity contribution >= 4 is 29.1 Å². The van der Waals surface area contributed by atoms with Gasteiger partial charge in [-0.15, -0.1) is 0 Å². The fourth-order valence-electron chi connectivity index (χ4n) is 2.78. The van der Waals surface area contributed by atoms with Crippen LogP contribution in [0.3, 0.4) is 0 Å². The van der Waals surface area contributed by atoms with Crippen LogP contribution in [0, 0.1) is 13.8 Å². The van der Waals surface area contributed by atoms with E-state index in [0.29, 0.717) is 30.2 Å². The summed E-state index contributed by atoms with van der Waals surface area (Å²) in [5.74, 6) is 0.760. The van der Waals surface area contributed by atoms with Crippen LogP contribution in [0.5, 0.6) is 5.75 Å². The highest BCUT2D eigenvalue weighted by Gasteiger charge is 2.08. The molecule has 160 valence electrons. The molecule has 0 fully saturated rings. The fraction of sp³-hybridized carbons (Fsp3) is 0.167. The second-order valence-corrected chi connectivity index (χ2v) is 7.02. The Labute approximate surface area is 181 Å². The van der Waals surface area contributed by atoms with Gasteiger partial charge in [0.1, 0.15) is 12.4 Å². The maximum absolute atomic E-state index is 12.2. The molecule has 3 rings (SSSR count). The third-order valence-electron chi connectivity index (χ3n) is 4.45. The summed E-state index contributed by atoms with van der Waals surface area (Å²) >= 11 is 0. The van der Waals surface area contributed by atoms with Crippen LogP contribution in [0.25, 0.3) is 0 Å². The van der Waals surface area contributed by atoms with E-state index < -0.39 is 0 Å². The molecule has 0 spiro atoms. The third-order valence-corrected chi connectivity index (χ3v) is 4.45. The standard InChI is InChI=1S/C24H26N4O3/c1-17-8-12-21(13-9-17)31-15-14-25-23(29)28-22-16-20(11-10-18(22)2)27-24(30)26-19-6-4-3-5-7-19/h3-13,16H,14-15H2,1-2H3,(H2,25,28,29)(H2,26,27,30). The summed E-state index contributed by atoms with van der Waals surface area (Å²) in [6, 6.07) is 21.5. The van der Waals surface area contributed by atoms with E-state index >= 15 is 0 Å². The average molecular weight is 418 g/mol. The lowest BCUT2D eigenvalue weighted by Crippen LogP contribution is -2.32. The zero-order valence-electron chi connectivity index (χ0n) is 17.6. The van der Waals surface area contributed by atoms with Crippen LogP contribution >= 0.6 is 0 Å². The molecule has 0 saturated heterocycles. The molecule has 0 atom stereocenters. The van der Waals surface area contributed by atoms with Crippen LogP contribution in [-0.4, -0.2) is 25.2 Å². The van der Waals surface area contributed by atoms with Crippen molar-refractivity contribution in [2.45, 2.75) is 13.8 Å². The van der Waals surface area contributed by atoms with E-state index in [4.69, 9.17) is 4.74 Å². The first-order chi connectivity index (χ1) is 15.0. The largest absolute Gasteiger partial charge is 0.492 e. The summed E-state index contributed by atoms with van der Waals surface area (Å²) in [6.45, 7) is 4.61. The minimum absolute atomic E-state index is 0.346. The van der Waals surface area contributed by atoms with Crippen LogP contribution in [0.2, 0.25) is 0 Å². The predicted molar refractivity (Wildman–Crippen MR) is 124 cm³/mol. The molecule has 4 amide bonds. The molecule has 7 heteroatoms. The van der Waals surface area contributed by atoms with Crippen molar-refractivity contribution in [2.75, 3.05) is 29.1 Å². The van der Waals surface area contributed by atoms with E-state index in [1.165, 1.54) is 0 Å². The van der Waals surface area contributed by atoms with Gasteiger partial charge in [0.25, 0.3) is 0 Å². The highest BCUT2D eigenvalue weighted by atomic mass is 16.5. The summed E-state index contributed by atoms with van der Waals surface area (Å²) < 4.78 is 5.60. The van der Waals surface area contributed by atoms with Gasteiger partial charge >= 0.3 is 12.1 Å². The molecule has 0 saturated carbocycles. The Morgan fingerprint density at radius 3 is 2.23 bits per heavy atom. The van der Waals surface area contributed by atoms with E-state index in [1.807, 2.05) is 62.4 Å². The summed E-state index contributed by atoms with van der Waals surface area (Å²) in [4.78, 5) is 24.4. The summed E-state index contributed by atoms with van der Waals surface area (Å²) in [7, 11) is 0. The number of urea groups is 2. The number of carbonyl (C=O) groups excluding carboxylic acids is 2. The Hall–Kier alpha value is -4.00. The second-order valence-electron chi connectivity index (χ2n) is 7.02. The molecular formula is C24H26N4O3. The molecule has 0 radical (unpaired) electrons. The van der Waals surface area contributed by atoms with E-state index in [9.17, 15) is 9.59 Å². The molecule has 4 N–H and O–H groups in total. The summed E-state index contributed by atoms with van der Waals surface area (Å²) in [5.41, 5.74) is 3.90. The van der Waals surface area contributed by atoms with Crippen LogP contribution in [-0.2, 0) is 0 Å². The number of carbonyl (C=O) groups is 2. The number of amides is 4. The number of nitrogens with one attached hydrogen (secondary N) is 4. The number of hydrogen-bond donors (Lipinski definition) is 4. The van der Waals surface area contributed by atoms with E-state index in [2.05, 4.69) is 21.3 Å². The maximum Gasteiger partial charge on any atom is 0.323 e. The van der Waals surface area contributed by atoms with Crippen LogP contribution < -0.4 is 26.0 Å². The van der Waals surface area contributed by atoms with Gasteiger partial charge in [-0.1, -0.05) is 42.0 Å². The highest BCUT2D eigenvalue weighted by molar-refractivity contribution is 6.00. The smallest absolute Gasteiger partial charge is 0.323 e. The normalized spacial score (nSPS) is 10.1. The second kappa shape index (κ2) is 10.7. The molecule has 0 aliphatic heterocycles. The number of benzene rings is 3. The molecule has 0 bridgehead atoms. The van der Waals surface area contributed by atoms with Crippen LogP contribution in [0.15, 0.2) is 72.8 Å². The third kappa shape index (κ3) is 7.08. The zero-order valence-corrected chi connectivity index (χ0v) is 17.6. The first-order valence-corrected chi connectivity index (χ1v) is 9.97. The minimum atomic E-state index is -0.362. The molecule has 0 heterocycles. The first-order valence-electron chi connectivity index (χ1n) is 9.97. The van der Waals surface area contributed by atoms with Gasteiger partial charge in [0.2, 0.25) is 0 Å². The topological polar surface area (TPSA) is 91.5 Å². The van der Waals surface area contributed by atoms with Crippen molar-refractivity contribution in [3.05, 3.63) is 83.9 Å². The maximum atomic E-state index is 12.2. The van der Waals surface area contributed by atoms with Gasteiger partial charge in [0, 0.05) is 17.1 Å². The van der Waals surface area contributed by atoms with Crippen LogP contribution in [0.4, 0.5) is 26.7 Å². The van der Waals surface area contributed by atoms with Crippen molar-refractivity contribution in [3.8, 4) is 5.75 Å². The van der Waals surface area contributed by atoms with Crippen molar-refractivity contribution < 1.29 is 14.3 Å². The molecule has 0 unspecified atom stereocenters. The van der Waals surface area contributed by atoms with Crippen molar-refractivity contribution in [3.63, 3.8) is 0 Å². The average Bonchev–Trinajstić information content (AvgIpc) is 2.75. The summed E-state index contributed by atoms with van der Waals surface area (Å²) in [6.07, 6.45) is 0. The minimum Gasteiger partial charge on any atom is -0.492 e. The van der Waals surface area contributed by atoms with E-state index in [-0.39, 0.29) is 12.1 Å². The molecule has 3 aromatic rings. The Morgan fingerprint density at radius 1 is 0.774 bits per heavy atom. The van der Waals surface area contributed by atoms with Gasteiger partial charge in [-0.3, -0.25) is 0 Å². The van der Waals surface area contributed by atoms with Crippen molar-refractivity contribution in [1.82, 2.24) is 5.32 Å². The lowest BCUT2D eigenvalue weighted by atomic mass is 10.2. The molecular weight excluding hydrogens is 392 g/mol. The molecule has 7 nitrogen and oxygen atoms in total. The van der Waals surface area contributed by atoms with E-state index in [0.717, 1.165) is 16.9 Å². The van der Waals surface area contributed by atoms with E-state index in [1.54, 1.807) is 24.3 Å². The Kier molecular flexibility index (Phi) is 7.48. The highest BCUT2D eigenvalue weighted by Crippen LogP contribution is 2.20. The van der Waals surface area contributed by atoms with Crippen molar-refractivity contribution in [1.29, 1.82) is 0 Å². The zero-order chi connectivity index (χ0) is 22.1. The predicted octanol–water partition coefficient (Wildman–Crippen LogP) is 5.15. The Morgan fingerprint density at radius 2 is 1.48 bits per heavy atom. The molecule has 3 aromatic carbocycles. The number of aryl methyl sites for hydroxylation is 2. The van der Waals surface area contributed by atoms with Gasteiger partial charge in [-0.05, 0) is 55.8 Å². The lowest BCUT2D eigenvalue weighted by molar-refractivity contribution is 0.247. The van der Waals surface area contributed by atoms with Crippen LogP contribution in [0.1, 0.15) is 11.1 Å². The fourth-order valence-corrected chi connectivity index (χ4v) is 2.78. The van der Waals surface area contributed by atoms with Gasteiger partial charge in [0.15, 0.2) is 0 Å². The molecule has 0 aliphatic rings. The lowest BCUT2D eigenvalue weighted by Gasteiger charge is -2.13. The Bertz CT molecular complexity index is 1020. The van der Waals surface area contributed by atoms with Gasteiger partial charge < -0.3 is 26.0 Å². The van der Waals surface area contributed by atoms with Crippen molar-refractivity contribution in [2.24, 2.45) is 0 Å². The SMILES string of the molecule is Cc1ccc(OCCNC(=O)Nc2cc(NC(=O)Nc3ccccc3)ccc2C)cc1. The summed E-state index contributed by atoms with van der Waals surface area (Å²) in [5, 5.41) is 11.1. The Balaban J connectivity index is 1.47. The quantitative estimate of drug-likeness (QED) is 0.400. The van der Waals surface area contributed by atoms with Gasteiger partial charge in [-0.2, -0.15) is 0 Å².